The van der Waals surface area contributed by atoms with E-state index in [-0.39, 0.29) is 5.91 Å². The molecule has 5 nitrogen and oxygen atoms in total. The van der Waals surface area contributed by atoms with Crippen LogP contribution in [0, 0.1) is 12.8 Å². The van der Waals surface area contributed by atoms with Gasteiger partial charge < -0.3 is 15.8 Å². The van der Waals surface area contributed by atoms with Crippen LogP contribution in [-0.4, -0.2) is 17.5 Å². The van der Waals surface area contributed by atoms with Crippen LogP contribution in [0.4, 0.5) is 5.69 Å². The van der Waals surface area contributed by atoms with Crippen LogP contribution in [0.25, 0.3) is 0 Å². The van der Waals surface area contributed by atoms with Gasteiger partial charge in [0.05, 0.1) is 6.61 Å². The molecule has 0 aliphatic heterocycles. The summed E-state index contributed by atoms with van der Waals surface area (Å²) in [6.45, 7) is 7.33. The lowest BCUT2D eigenvalue weighted by molar-refractivity contribution is 0.102. The summed E-state index contributed by atoms with van der Waals surface area (Å²) in [5.74, 6) is 1.15. The van der Waals surface area contributed by atoms with Crippen molar-refractivity contribution in [3.05, 3.63) is 39.8 Å². The van der Waals surface area contributed by atoms with Crippen LogP contribution in [0.15, 0.2) is 23.6 Å². The molecule has 0 radical (unpaired) electrons. The Balaban J connectivity index is 2.03. The lowest BCUT2D eigenvalue weighted by Gasteiger charge is -2.12. The highest BCUT2D eigenvalue weighted by atomic mass is 32.1. The van der Waals surface area contributed by atoms with E-state index in [1.165, 1.54) is 11.3 Å². The zero-order chi connectivity index (χ0) is 16.8. The van der Waals surface area contributed by atoms with Gasteiger partial charge in [0.25, 0.3) is 5.91 Å². The molecule has 124 valence electrons. The minimum absolute atomic E-state index is 0.238. The van der Waals surface area contributed by atoms with Crippen LogP contribution >= 0.6 is 11.3 Å². The van der Waals surface area contributed by atoms with E-state index in [2.05, 4.69) is 24.1 Å². The number of aromatic nitrogens is 1. The van der Waals surface area contributed by atoms with Gasteiger partial charge in [0, 0.05) is 23.7 Å². The van der Waals surface area contributed by atoms with Crippen molar-refractivity contribution in [3.8, 4) is 5.75 Å². The van der Waals surface area contributed by atoms with Crippen LogP contribution in [-0.2, 0) is 6.54 Å². The Kier molecular flexibility index (Phi) is 6.12. The van der Waals surface area contributed by atoms with Crippen LogP contribution in [0.1, 0.15) is 41.3 Å². The Morgan fingerprint density at radius 3 is 2.87 bits per heavy atom. The van der Waals surface area contributed by atoms with Crippen LogP contribution in [0.3, 0.4) is 0 Å². The number of hydrogen-bond donors (Lipinski definition) is 2. The highest BCUT2D eigenvalue weighted by Gasteiger charge is 2.11. The fourth-order valence-electron chi connectivity index (χ4n) is 1.94. The zero-order valence-corrected chi connectivity index (χ0v) is 14.6. The molecule has 0 aliphatic carbocycles. The maximum atomic E-state index is 12.2. The number of benzene rings is 1. The van der Waals surface area contributed by atoms with Gasteiger partial charge in [-0.3, -0.25) is 4.79 Å². The molecule has 0 spiro atoms. The van der Waals surface area contributed by atoms with Gasteiger partial charge in [-0.1, -0.05) is 19.9 Å². The van der Waals surface area contributed by atoms with Crippen molar-refractivity contribution >= 4 is 22.9 Å². The van der Waals surface area contributed by atoms with Crippen LogP contribution in [0.2, 0.25) is 0 Å². The molecule has 0 bridgehead atoms. The molecule has 1 aromatic carbocycles. The smallest absolute Gasteiger partial charge is 0.275 e. The SMILES string of the molecule is Cc1ccc(NC(=O)c2csc(CN)n2)cc1OCCC(C)C. The number of hydrogen-bond acceptors (Lipinski definition) is 5. The maximum absolute atomic E-state index is 12.2. The van der Waals surface area contributed by atoms with Gasteiger partial charge in [0.2, 0.25) is 0 Å². The Morgan fingerprint density at radius 1 is 1.43 bits per heavy atom. The number of anilines is 1. The fourth-order valence-corrected chi connectivity index (χ4v) is 2.60. The fraction of sp³-hybridized carbons (Fsp3) is 0.412. The number of rotatable bonds is 7. The summed E-state index contributed by atoms with van der Waals surface area (Å²) in [6.07, 6.45) is 0.997. The normalized spacial score (nSPS) is 10.8. The molecule has 2 aromatic rings. The van der Waals surface area contributed by atoms with E-state index in [0.717, 1.165) is 22.7 Å². The third-order valence-electron chi connectivity index (χ3n) is 3.36. The molecule has 6 heteroatoms. The van der Waals surface area contributed by atoms with Crippen molar-refractivity contribution in [1.29, 1.82) is 0 Å². The third-order valence-corrected chi connectivity index (χ3v) is 4.23. The second kappa shape index (κ2) is 8.08. The molecule has 23 heavy (non-hydrogen) atoms. The number of aryl methyl sites for hydroxylation is 1. The van der Waals surface area contributed by atoms with Crippen molar-refractivity contribution in [2.24, 2.45) is 11.7 Å². The first-order valence-corrected chi connectivity index (χ1v) is 8.57. The van der Waals surface area contributed by atoms with Gasteiger partial charge in [-0.2, -0.15) is 0 Å². The lowest BCUT2D eigenvalue weighted by atomic mass is 10.1. The van der Waals surface area contributed by atoms with Crippen LogP contribution in [0.5, 0.6) is 5.75 Å². The van der Waals surface area contributed by atoms with Crippen LogP contribution < -0.4 is 15.8 Å². The summed E-state index contributed by atoms with van der Waals surface area (Å²) in [7, 11) is 0. The first-order valence-electron chi connectivity index (χ1n) is 7.69. The maximum Gasteiger partial charge on any atom is 0.275 e. The molecule has 1 heterocycles. The minimum Gasteiger partial charge on any atom is -0.493 e. The minimum atomic E-state index is -0.238. The molecular weight excluding hydrogens is 310 g/mol. The molecule has 0 aliphatic rings. The average molecular weight is 333 g/mol. The molecule has 0 atom stereocenters. The first-order chi connectivity index (χ1) is 11.0. The van der Waals surface area contributed by atoms with E-state index in [1.807, 2.05) is 25.1 Å². The highest BCUT2D eigenvalue weighted by molar-refractivity contribution is 7.09. The first kappa shape index (κ1) is 17.4. The molecule has 0 saturated heterocycles. The number of nitrogens with one attached hydrogen (secondary N) is 1. The number of carbonyl (C=O) groups excluding carboxylic acids is 1. The van der Waals surface area contributed by atoms with E-state index in [9.17, 15) is 4.79 Å². The van der Waals surface area contributed by atoms with Crippen molar-refractivity contribution in [2.75, 3.05) is 11.9 Å². The van der Waals surface area contributed by atoms with Crippen molar-refractivity contribution < 1.29 is 9.53 Å². The van der Waals surface area contributed by atoms with Gasteiger partial charge in [0.15, 0.2) is 0 Å². The van der Waals surface area contributed by atoms with E-state index in [0.29, 0.717) is 30.5 Å². The van der Waals surface area contributed by atoms with E-state index in [1.54, 1.807) is 5.38 Å². The summed E-state index contributed by atoms with van der Waals surface area (Å²) in [6, 6.07) is 5.65. The quantitative estimate of drug-likeness (QED) is 0.812. The molecule has 2 rings (SSSR count). The number of thiazole rings is 1. The van der Waals surface area contributed by atoms with Gasteiger partial charge >= 0.3 is 0 Å². The van der Waals surface area contributed by atoms with Gasteiger partial charge in [-0.05, 0) is 30.9 Å². The monoisotopic (exact) mass is 333 g/mol. The molecule has 0 saturated carbocycles. The highest BCUT2D eigenvalue weighted by Crippen LogP contribution is 2.24. The summed E-state index contributed by atoms with van der Waals surface area (Å²) < 4.78 is 5.82. The molecule has 0 unspecified atom stereocenters. The van der Waals surface area contributed by atoms with Crippen molar-refractivity contribution in [1.82, 2.24) is 4.98 Å². The predicted octanol–water partition coefficient (Wildman–Crippen LogP) is 3.59. The number of nitrogens with zero attached hydrogens (tertiary/aromatic N) is 1. The molecule has 0 fully saturated rings. The second-order valence-corrected chi connectivity index (χ2v) is 6.74. The summed E-state index contributed by atoms with van der Waals surface area (Å²) in [5.41, 5.74) is 7.65. The Morgan fingerprint density at radius 2 is 2.22 bits per heavy atom. The predicted molar refractivity (Wildman–Crippen MR) is 94.1 cm³/mol. The van der Waals surface area contributed by atoms with Gasteiger partial charge in [0.1, 0.15) is 16.5 Å². The van der Waals surface area contributed by atoms with E-state index >= 15 is 0 Å². The van der Waals surface area contributed by atoms with Crippen molar-refractivity contribution in [2.45, 2.75) is 33.7 Å². The zero-order valence-electron chi connectivity index (χ0n) is 13.8. The topological polar surface area (TPSA) is 77.2 Å². The lowest BCUT2D eigenvalue weighted by Crippen LogP contribution is -2.13. The Bertz CT molecular complexity index is 668. The summed E-state index contributed by atoms with van der Waals surface area (Å²) >= 11 is 1.39. The number of amides is 1. The summed E-state index contributed by atoms with van der Waals surface area (Å²) in [4.78, 5) is 16.4. The Labute approximate surface area is 140 Å². The average Bonchev–Trinajstić information content (AvgIpc) is 2.99. The molecule has 3 N–H and O–H groups in total. The number of carbonyl (C=O) groups is 1. The third kappa shape index (κ3) is 5.04. The number of ether oxygens (including phenoxy) is 1. The standard InChI is InChI=1S/C17H23N3O2S/c1-11(2)6-7-22-15-8-13(5-4-12(15)3)19-17(21)14-10-23-16(9-18)20-14/h4-5,8,10-11H,6-7,9,18H2,1-3H3,(H,19,21). The summed E-state index contributed by atoms with van der Waals surface area (Å²) in [5, 5.41) is 5.31. The Hall–Kier alpha value is -1.92. The molecular formula is C17H23N3O2S. The molecule has 1 aromatic heterocycles. The van der Waals surface area contributed by atoms with E-state index in [4.69, 9.17) is 10.5 Å². The second-order valence-electron chi connectivity index (χ2n) is 5.80. The molecule has 1 amide bonds. The van der Waals surface area contributed by atoms with Gasteiger partial charge in [-0.25, -0.2) is 4.98 Å². The largest absolute Gasteiger partial charge is 0.493 e. The number of nitrogens with two attached hydrogens (primary N) is 1. The van der Waals surface area contributed by atoms with E-state index < -0.39 is 0 Å². The van der Waals surface area contributed by atoms with Gasteiger partial charge in [-0.15, -0.1) is 11.3 Å². The van der Waals surface area contributed by atoms with Crippen molar-refractivity contribution in [3.63, 3.8) is 0 Å².